The summed E-state index contributed by atoms with van der Waals surface area (Å²) in [6.45, 7) is 13.7. The molecule has 1 saturated heterocycles. The van der Waals surface area contributed by atoms with Gasteiger partial charge < -0.3 is 0 Å². The fraction of sp³-hybridized carbons (Fsp3) is 0.562. The first kappa shape index (κ1) is 16.1. The van der Waals surface area contributed by atoms with Gasteiger partial charge in [-0.3, -0.25) is 0 Å². The third kappa shape index (κ3) is 3.53. The molecule has 1 nitrogen and oxygen atoms in total. The zero-order valence-corrected chi connectivity index (χ0v) is 12.5. The van der Waals surface area contributed by atoms with E-state index in [1.807, 2.05) is 13.8 Å². The van der Waals surface area contributed by atoms with E-state index in [2.05, 4.69) is 38.0 Å². The molecule has 2 unspecified atom stereocenters. The predicted octanol–water partition coefficient (Wildman–Crippen LogP) is 3.42. The quantitative estimate of drug-likeness (QED) is 0.541. The molecule has 0 aromatic rings. The van der Waals surface area contributed by atoms with Crippen LogP contribution < -0.4 is 0 Å². The van der Waals surface area contributed by atoms with Crippen LogP contribution in [0.25, 0.3) is 0 Å². The van der Waals surface area contributed by atoms with E-state index in [0.717, 1.165) is 30.3 Å². The van der Waals surface area contributed by atoms with Crippen molar-refractivity contribution in [2.24, 2.45) is 0 Å². The van der Waals surface area contributed by atoms with Crippen LogP contribution in [0, 0.1) is 0 Å². The molecule has 1 aliphatic heterocycles. The monoisotopic (exact) mass is 261 g/mol. The van der Waals surface area contributed by atoms with E-state index in [1.54, 1.807) is 6.08 Å². The fourth-order valence-electron chi connectivity index (χ4n) is 3.05. The predicted molar refractivity (Wildman–Crippen MR) is 84.9 cm³/mol. The van der Waals surface area contributed by atoms with Gasteiger partial charge >= 0.3 is 117 Å². The molecule has 0 aliphatic carbocycles. The van der Waals surface area contributed by atoms with E-state index in [9.17, 15) is 4.39 Å². The molecular formula is C16H25BFN. The number of nitrogens with zero attached hydrogens (tertiary/aromatic N) is 1. The van der Waals surface area contributed by atoms with Crippen molar-refractivity contribution in [2.45, 2.75) is 45.1 Å². The van der Waals surface area contributed by atoms with E-state index in [0.29, 0.717) is 6.04 Å². The standard InChI is InChI=1S/C16H25BFN/c1-6-14-13(8-9-18)10-16(12(3)11-17-4)19(5)15(14)7-2/h6,8,15-16H,3-4,7,9-11H2,1-2,5H3/b13-8-,14-6+. The van der Waals surface area contributed by atoms with Crippen molar-refractivity contribution < 1.29 is 4.39 Å². The summed E-state index contributed by atoms with van der Waals surface area (Å²) < 4.78 is 12.7. The maximum absolute atomic E-state index is 12.7. The average Bonchev–Trinajstić information content (AvgIpc) is 2.40. The van der Waals surface area contributed by atoms with E-state index in [-0.39, 0.29) is 6.04 Å². The molecule has 0 N–H and O–H groups in total. The molecule has 0 bridgehead atoms. The minimum atomic E-state index is -0.395. The first-order chi connectivity index (χ1) is 9.10. The molecule has 1 rings (SSSR count). The zero-order chi connectivity index (χ0) is 14.4. The van der Waals surface area contributed by atoms with Crippen LogP contribution in [0.15, 0.2) is 35.5 Å². The maximum atomic E-state index is 12.7. The molecule has 104 valence electrons. The van der Waals surface area contributed by atoms with Crippen molar-refractivity contribution in [3.05, 3.63) is 35.5 Å². The number of likely N-dealkylation sites (tertiary alicyclic amines) is 1. The molecular weight excluding hydrogens is 236 g/mol. The Kier molecular flexibility index (Phi) is 6.43. The SMILES string of the molecule is C=BCC(=C)C1CC(=C/CF)/C(=C\C)C(CC)N1C. The van der Waals surface area contributed by atoms with Gasteiger partial charge in [0.1, 0.15) is 0 Å². The van der Waals surface area contributed by atoms with Crippen LogP contribution in [0.3, 0.4) is 0 Å². The van der Waals surface area contributed by atoms with Crippen LogP contribution in [0.5, 0.6) is 0 Å². The van der Waals surface area contributed by atoms with Crippen molar-refractivity contribution in [1.29, 1.82) is 0 Å². The minimum absolute atomic E-state index is 0.282. The Bertz CT molecular complexity index is 398. The molecule has 0 aromatic heterocycles. The van der Waals surface area contributed by atoms with Crippen LogP contribution in [-0.4, -0.2) is 44.1 Å². The third-order valence-corrected chi connectivity index (χ3v) is 4.03. The molecule has 19 heavy (non-hydrogen) atoms. The summed E-state index contributed by atoms with van der Waals surface area (Å²) in [7, 11) is 2.14. The van der Waals surface area contributed by atoms with Crippen molar-refractivity contribution in [2.75, 3.05) is 13.7 Å². The zero-order valence-electron chi connectivity index (χ0n) is 12.5. The first-order valence-electron chi connectivity index (χ1n) is 7.02. The molecule has 3 heteroatoms. The van der Waals surface area contributed by atoms with Crippen LogP contribution in [0.1, 0.15) is 26.7 Å². The number of hydrogen-bond acceptors (Lipinski definition) is 1. The van der Waals surface area contributed by atoms with E-state index in [1.165, 1.54) is 5.57 Å². The van der Waals surface area contributed by atoms with E-state index < -0.39 is 6.67 Å². The molecule has 1 heterocycles. The van der Waals surface area contributed by atoms with Gasteiger partial charge in [0.2, 0.25) is 0 Å². The number of allylic oxidation sites excluding steroid dienone is 2. The molecule has 1 aliphatic rings. The molecule has 0 radical (unpaired) electrons. The Labute approximate surface area is 117 Å². The van der Waals surface area contributed by atoms with E-state index in [4.69, 9.17) is 0 Å². The van der Waals surface area contributed by atoms with Crippen LogP contribution >= 0.6 is 0 Å². The van der Waals surface area contributed by atoms with Gasteiger partial charge in [-0.05, 0) is 0 Å². The number of alkyl halides is 1. The van der Waals surface area contributed by atoms with Crippen molar-refractivity contribution in [1.82, 2.24) is 4.90 Å². The Morgan fingerprint density at radius 3 is 2.74 bits per heavy atom. The second-order valence-corrected chi connectivity index (χ2v) is 5.09. The molecule has 2 atom stereocenters. The summed E-state index contributed by atoms with van der Waals surface area (Å²) in [5.41, 5.74) is 3.58. The summed E-state index contributed by atoms with van der Waals surface area (Å²) in [4.78, 5) is 2.37. The van der Waals surface area contributed by atoms with Gasteiger partial charge in [0.15, 0.2) is 0 Å². The second-order valence-electron chi connectivity index (χ2n) is 5.09. The molecule has 0 amide bonds. The molecule has 0 spiro atoms. The third-order valence-electron chi connectivity index (χ3n) is 4.03. The van der Waals surface area contributed by atoms with Gasteiger partial charge in [-0.15, -0.1) is 0 Å². The summed E-state index contributed by atoms with van der Waals surface area (Å²) in [6.07, 6.45) is 6.54. The summed E-state index contributed by atoms with van der Waals surface area (Å²) >= 11 is 0. The number of halogens is 1. The van der Waals surface area contributed by atoms with Crippen molar-refractivity contribution >= 4 is 13.4 Å². The summed E-state index contributed by atoms with van der Waals surface area (Å²) in [6, 6.07) is 0.632. The molecule has 0 saturated carbocycles. The van der Waals surface area contributed by atoms with Gasteiger partial charge in [-0.25, -0.2) is 0 Å². The normalized spacial score (nSPS) is 28.6. The van der Waals surface area contributed by atoms with Gasteiger partial charge in [0.05, 0.1) is 0 Å². The topological polar surface area (TPSA) is 3.24 Å². The van der Waals surface area contributed by atoms with Crippen LogP contribution in [0.4, 0.5) is 4.39 Å². The number of rotatable bonds is 5. The first-order valence-corrected chi connectivity index (χ1v) is 7.02. The Morgan fingerprint density at radius 1 is 1.58 bits per heavy atom. The van der Waals surface area contributed by atoms with Gasteiger partial charge in [-0.2, -0.15) is 0 Å². The van der Waals surface area contributed by atoms with Crippen molar-refractivity contribution in [3.8, 4) is 0 Å². The summed E-state index contributed by atoms with van der Waals surface area (Å²) in [5, 5.41) is 0. The van der Waals surface area contributed by atoms with E-state index >= 15 is 0 Å². The fourth-order valence-corrected chi connectivity index (χ4v) is 3.05. The molecule has 0 aromatic carbocycles. The van der Waals surface area contributed by atoms with Crippen molar-refractivity contribution in [3.63, 3.8) is 0 Å². The Morgan fingerprint density at radius 2 is 2.26 bits per heavy atom. The average molecular weight is 261 g/mol. The molecule has 1 fully saturated rings. The van der Waals surface area contributed by atoms with Crippen LogP contribution in [-0.2, 0) is 0 Å². The second kappa shape index (κ2) is 7.59. The van der Waals surface area contributed by atoms with Gasteiger partial charge in [0.25, 0.3) is 0 Å². The Hall–Kier alpha value is -0.955. The summed E-state index contributed by atoms with van der Waals surface area (Å²) in [5.74, 6) is 0. The Balaban J connectivity index is 3.09. The van der Waals surface area contributed by atoms with Gasteiger partial charge in [-0.1, -0.05) is 0 Å². The number of hydrogen-bond donors (Lipinski definition) is 0. The number of likely N-dealkylation sites (N-methyl/N-ethyl adjacent to an activating group) is 1. The van der Waals surface area contributed by atoms with Crippen LogP contribution in [0.2, 0.25) is 6.32 Å². The number of piperidine rings is 1. The van der Waals surface area contributed by atoms with Gasteiger partial charge in [0, 0.05) is 0 Å².